The molecule has 0 radical (unpaired) electrons. The van der Waals surface area contributed by atoms with Gasteiger partial charge in [0.05, 0.1) is 13.7 Å². The van der Waals surface area contributed by atoms with Crippen LogP contribution in [0.15, 0.2) is 24.2 Å². The molecule has 0 heterocycles. The number of carbonyl (C=O) groups is 2. The lowest BCUT2D eigenvalue weighted by Gasteiger charge is -2.13. The van der Waals surface area contributed by atoms with E-state index in [1.54, 1.807) is 0 Å². The van der Waals surface area contributed by atoms with Crippen LogP contribution in [0, 0.1) is 0 Å². The second-order valence-electron chi connectivity index (χ2n) is 3.18. The summed E-state index contributed by atoms with van der Waals surface area (Å²) in [5, 5.41) is 17.7. The molecule has 0 aliphatic heterocycles. The van der Waals surface area contributed by atoms with E-state index in [1.165, 1.54) is 6.92 Å². The van der Waals surface area contributed by atoms with E-state index in [-0.39, 0.29) is 12.2 Å². The molecule has 0 bridgehead atoms. The number of hydrogen-bond acceptors (Lipinski definition) is 7. The van der Waals surface area contributed by atoms with Crippen molar-refractivity contribution in [3.63, 3.8) is 0 Å². The Bertz CT molecular complexity index is 345. The average molecular weight is 260 g/mol. The van der Waals surface area contributed by atoms with Gasteiger partial charge in [-0.25, -0.2) is 9.59 Å². The van der Waals surface area contributed by atoms with Crippen LogP contribution in [0.1, 0.15) is 6.92 Å². The minimum Gasteiger partial charge on any atom is -0.465 e. The molecule has 0 aliphatic carbocycles. The highest BCUT2D eigenvalue weighted by molar-refractivity contribution is 5.89. The van der Waals surface area contributed by atoms with Crippen LogP contribution in [0.2, 0.25) is 0 Å². The molecule has 102 valence electrons. The van der Waals surface area contributed by atoms with Crippen LogP contribution >= 0.6 is 0 Å². The highest BCUT2D eigenvalue weighted by atomic mass is 16.7. The fourth-order valence-corrected chi connectivity index (χ4v) is 0.808. The average Bonchev–Trinajstić information content (AvgIpc) is 2.40. The van der Waals surface area contributed by atoms with Crippen LogP contribution in [0.5, 0.6) is 0 Å². The van der Waals surface area contributed by atoms with Gasteiger partial charge >= 0.3 is 11.9 Å². The normalized spacial score (nSPS) is 13.1. The summed E-state index contributed by atoms with van der Waals surface area (Å²) < 4.78 is 14.1. The zero-order valence-corrected chi connectivity index (χ0v) is 10.2. The third-order valence-electron chi connectivity index (χ3n) is 1.78. The maximum atomic E-state index is 11.2. The summed E-state index contributed by atoms with van der Waals surface area (Å²) in [5.74, 6) is -1.98. The molecule has 0 aromatic carbocycles. The van der Waals surface area contributed by atoms with Crippen LogP contribution in [-0.4, -0.2) is 48.6 Å². The third kappa shape index (κ3) is 5.46. The quantitative estimate of drug-likeness (QED) is 0.361. The van der Waals surface area contributed by atoms with E-state index in [0.29, 0.717) is 0 Å². The Labute approximate surface area is 104 Å². The first kappa shape index (κ1) is 16.1. The molecule has 2 N–H and O–H groups in total. The van der Waals surface area contributed by atoms with E-state index in [9.17, 15) is 9.59 Å². The van der Waals surface area contributed by atoms with Crippen LogP contribution < -0.4 is 0 Å². The Morgan fingerprint density at radius 2 is 2.06 bits per heavy atom. The molecule has 7 nitrogen and oxygen atoms in total. The molecule has 0 saturated heterocycles. The van der Waals surface area contributed by atoms with E-state index < -0.39 is 30.6 Å². The summed E-state index contributed by atoms with van der Waals surface area (Å²) in [6, 6.07) is 0. The molecule has 1 atom stereocenters. The standard InChI is InChI=1S/C11H16O7/c1-4-9(14)18-11(7(2)10(15)16-3)17-6-8(13)5-12/h4,8,12-13H,1,5-6H2,2-3H3. The molecule has 0 spiro atoms. The molecule has 7 heteroatoms. The van der Waals surface area contributed by atoms with E-state index in [2.05, 4.69) is 16.1 Å². The number of ether oxygens (including phenoxy) is 3. The van der Waals surface area contributed by atoms with Crippen molar-refractivity contribution in [2.24, 2.45) is 0 Å². The summed E-state index contributed by atoms with van der Waals surface area (Å²) in [6.45, 7) is 3.64. The lowest BCUT2D eigenvalue weighted by molar-refractivity contribution is -0.142. The van der Waals surface area contributed by atoms with Gasteiger partial charge in [0.2, 0.25) is 0 Å². The van der Waals surface area contributed by atoms with Gasteiger partial charge in [0, 0.05) is 6.08 Å². The maximum absolute atomic E-state index is 11.2. The summed E-state index contributed by atoms with van der Waals surface area (Å²) >= 11 is 0. The lowest BCUT2D eigenvalue weighted by atomic mass is 10.3. The number of methoxy groups -OCH3 is 1. The Kier molecular flexibility index (Phi) is 7.41. The number of aliphatic hydroxyl groups is 2. The van der Waals surface area contributed by atoms with Crippen LogP contribution in [0.3, 0.4) is 0 Å². The molecule has 0 saturated carbocycles. The monoisotopic (exact) mass is 260 g/mol. The van der Waals surface area contributed by atoms with Gasteiger partial charge in [0.25, 0.3) is 5.95 Å². The number of aliphatic hydroxyl groups excluding tert-OH is 2. The smallest absolute Gasteiger partial charge is 0.340 e. The topological polar surface area (TPSA) is 102 Å². The van der Waals surface area contributed by atoms with Crippen molar-refractivity contribution in [3.05, 3.63) is 24.2 Å². The van der Waals surface area contributed by atoms with Crippen LogP contribution in [-0.2, 0) is 23.8 Å². The second-order valence-corrected chi connectivity index (χ2v) is 3.18. The zero-order valence-electron chi connectivity index (χ0n) is 10.2. The highest BCUT2D eigenvalue weighted by Crippen LogP contribution is 2.11. The molecule has 0 fully saturated rings. The predicted molar refractivity (Wildman–Crippen MR) is 60.0 cm³/mol. The van der Waals surface area contributed by atoms with Gasteiger partial charge in [-0.2, -0.15) is 0 Å². The SMILES string of the molecule is C=CC(=O)OC(OCC(O)CO)=C(C)C(=O)OC. The fraction of sp³-hybridized carbons (Fsp3) is 0.455. The summed E-state index contributed by atoms with van der Waals surface area (Å²) in [6.07, 6.45) is -0.274. The minimum atomic E-state index is -1.16. The van der Waals surface area contributed by atoms with Gasteiger partial charge < -0.3 is 24.4 Å². The Balaban J connectivity index is 4.87. The van der Waals surface area contributed by atoms with Crippen molar-refractivity contribution < 1.29 is 34.0 Å². The van der Waals surface area contributed by atoms with Gasteiger partial charge in [0.1, 0.15) is 18.3 Å². The van der Waals surface area contributed by atoms with Crippen LogP contribution in [0.25, 0.3) is 0 Å². The maximum Gasteiger partial charge on any atom is 0.340 e. The molecule has 0 aliphatic rings. The second kappa shape index (κ2) is 8.26. The van der Waals surface area contributed by atoms with Crippen molar-refractivity contribution in [1.29, 1.82) is 0 Å². The molecular weight excluding hydrogens is 244 g/mol. The van der Waals surface area contributed by atoms with Crippen molar-refractivity contribution in [2.75, 3.05) is 20.3 Å². The van der Waals surface area contributed by atoms with Crippen molar-refractivity contribution in [3.8, 4) is 0 Å². The first-order valence-electron chi connectivity index (χ1n) is 5.01. The summed E-state index contributed by atoms with van der Waals surface area (Å²) in [7, 11) is 1.15. The van der Waals surface area contributed by atoms with Crippen molar-refractivity contribution >= 4 is 11.9 Å². The van der Waals surface area contributed by atoms with Gasteiger partial charge in [-0.05, 0) is 6.92 Å². The van der Waals surface area contributed by atoms with E-state index in [1.807, 2.05) is 0 Å². The van der Waals surface area contributed by atoms with Crippen molar-refractivity contribution in [1.82, 2.24) is 0 Å². The Morgan fingerprint density at radius 1 is 1.44 bits per heavy atom. The number of rotatable bonds is 7. The Hall–Kier alpha value is -1.86. The fourth-order valence-electron chi connectivity index (χ4n) is 0.808. The number of carbonyl (C=O) groups excluding carboxylic acids is 2. The van der Waals surface area contributed by atoms with Gasteiger partial charge in [0.15, 0.2) is 0 Å². The first-order valence-corrected chi connectivity index (χ1v) is 5.01. The molecule has 0 rings (SSSR count). The van der Waals surface area contributed by atoms with Gasteiger partial charge in [-0.3, -0.25) is 0 Å². The summed E-state index contributed by atoms with van der Waals surface area (Å²) in [4.78, 5) is 22.3. The first-order chi connectivity index (χ1) is 8.46. The zero-order chi connectivity index (χ0) is 14.1. The summed E-state index contributed by atoms with van der Waals surface area (Å²) in [5.41, 5.74) is -0.0853. The number of hydrogen-bond donors (Lipinski definition) is 2. The molecule has 0 amide bonds. The minimum absolute atomic E-state index is 0.0853. The predicted octanol–water partition coefficient (Wildman–Crippen LogP) is -0.510. The Morgan fingerprint density at radius 3 is 2.50 bits per heavy atom. The lowest BCUT2D eigenvalue weighted by Crippen LogP contribution is -2.21. The van der Waals surface area contributed by atoms with E-state index in [0.717, 1.165) is 13.2 Å². The molecule has 0 aromatic rings. The van der Waals surface area contributed by atoms with E-state index >= 15 is 0 Å². The number of esters is 2. The molecule has 0 aromatic heterocycles. The third-order valence-corrected chi connectivity index (χ3v) is 1.78. The van der Waals surface area contributed by atoms with Gasteiger partial charge in [-0.15, -0.1) is 0 Å². The highest BCUT2D eigenvalue weighted by Gasteiger charge is 2.18. The van der Waals surface area contributed by atoms with E-state index in [4.69, 9.17) is 14.9 Å². The molecular formula is C11H16O7. The molecule has 1 unspecified atom stereocenters. The van der Waals surface area contributed by atoms with Gasteiger partial charge in [-0.1, -0.05) is 6.58 Å². The van der Waals surface area contributed by atoms with Crippen molar-refractivity contribution in [2.45, 2.75) is 13.0 Å². The largest absolute Gasteiger partial charge is 0.465 e. The molecule has 18 heavy (non-hydrogen) atoms. The van der Waals surface area contributed by atoms with Crippen LogP contribution in [0.4, 0.5) is 0 Å².